The SMILES string of the molecule is CCCN/C=C(\C=N)c1ccc(S(=O)(=O)n2cc(CCC(=O)O)c3cc(OC)ccc32)s1. The number of carbonyl (C=O) groups is 1. The lowest BCUT2D eigenvalue weighted by Crippen LogP contribution is -2.10. The molecule has 3 N–H and O–H groups in total. The topological polar surface area (TPSA) is 121 Å². The van der Waals surface area contributed by atoms with Gasteiger partial charge >= 0.3 is 5.97 Å². The Labute approximate surface area is 190 Å². The van der Waals surface area contributed by atoms with Crippen molar-refractivity contribution in [3.8, 4) is 5.75 Å². The smallest absolute Gasteiger partial charge is 0.303 e. The van der Waals surface area contributed by atoms with E-state index in [0.717, 1.165) is 24.3 Å². The summed E-state index contributed by atoms with van der Waals surface area (Å²) in [6.07, 6.45) is 5.39. The maximum absolute atomic E-state index is 13.5. The van der Waals surface area contributed by atoms with Crippen LogP contribution in [0.2, 0.25) is 0 Å². The Hall–Kier alpha value is -3.11. The van der Waals surface area contributed by atoms with Crippen molar-refractivity contribution in [3.05, 3.63) is 53.2 Å². The molecule has 10 heteroatoms. The number of fused-ring (bicyclic) bond motifs is 1. The Morgan fingerprint density at radius 2 is 2.09 bits per heavy atom. The summed E-state index contributed by atoms with van der Waals surface area (Å²) in [5, 5.41) is 20.5. The van der Waals surface area contributed by atoms with Crippen LogP contribution < -0.4 is 10.1 Å². The predicted octanol–water partition coefficient (Wildman–Crippen LogP) is 3.96. The predicted molar refractivity (Wildman–Crippen MR) is 126 cm³/mol. The van der Waals surface area contributed by atoms with Crippen LogP contribution in [-0.4, -0.2) is 43.3 Å². The summed E-state index contributed by atoms with van der Waals surface area (Å²) < 4.78 is 33.5. The second kappa shape index (κ2) is 10.0. The van der Waals surface area contributed by atoms with Gasteiger partial charge in [-0.2, -0.15) is 8.42 Å². The average molecular weight is 476 g/mol. The molecule has 0 amide bonds. The van der Waals surface area contributed by atoms with Crippen molar-refractivity contribution >= 4 is 50.0 Å². The fourth-order valence-corrected chi connectivity index (χ4v) is 6.01. The van der Waals surface area contributed by atoms with E-state index in [1.54, 1.807) is 30.5 Å². The van der Waals surface area contributed by atoms with E-state index in [-0.39, 0.29) is 17.1 Å². The standard InChI is InChI=1S/C22H25N3O5S2/c1-3-10-24-13-16(12-23)20-7-9-22(31-20)32(28,29)25-14-15(4-8-21(26)27)18-11-17(30-2)5-6-19(18)25/h5-7,9,11-14,23-24H,3-4,8,10H2,1-2H3,(H,26,27)/b16-13+,23-12?. The van der Waals surface area contributed by atoms with Crippen molar-refractivity contribution in [1.29, 1.82) is 5.41 Å². The molecule has 0 saturated carbocycles. The van der Waals surface area contributed by atoms with E-state index in [1.807, 2.05) is 6.92 Å². The van der Waals surface area contributed by atoms with Gasteiger partial charge in [0.25, 0.3) is 10.0 Å². The zero-order valence-corrected chi connectivity index (χ0v) is 19.4. The molecule has 2 aromatic heterocycles. The first kappa shape index (κ1) is 23.6. The highest BCUT2D eigenvalue weighted by Crippen LogP contribution is 2.33. The first-order valence-electron chi connectivity index (χ1n) is 10.0. The van der Waals surface area contributed by atoms with Crippen LogP contribution in [-0.2, 0) is 21.2 Å². The summed E-state index contributed by atoms with van der Waals surface area (Å²) >= 11 is 1.08. The van der Waals surface area contributed by atoms with Gasteiger partial charge in [-0.25, -0.2) is 3.97 Å². The number of hydrogen-bond donors (Lipinski definition) is 3. The number of benzene rings is 1. The Morgan fingerprint density at radius 3 is 2.75 bits per heavy atom. The Balaban J connectivity index is 2.06. The highest BCUT2D eigenvalue weighted by Gasteiger charge is 2.24. The van der Waals surface area contributed by atoms with Gasteiger partial charge in [-0.15, -0.1) is 11.3 Å². The molecule has 170 valence electrons. The van der Waals surface area contributed by atoms with E-state index < -0.39 is 16.0 Å². The van der Waals surface area contributed by atoms with Gasteiger partial charge in [-0.1, -0.05) is 6.92 Å². The molecule has 0 aliphatic rings. The van der Waals surface area contributed by atoms with Crippen LogP contribution in [0, 0.1) is 5.41 Å². The number of aliphatic carboxylic acids is 1. The third-order valence-electron chi connectivity index (χ3n) is 4.85. The number of carboxylic acid groups (broad SMARTS) is 1. The minimum Gasteiger partial charge on any atom is -0.497 e. The Morgan fingerprint density at radius 1 is 1.31 bits per heavy atom. The van der Waals surface area contributed by atoms with Crippen molar-refractivity contribution < 1.29 is 23.1 Å². The van der Waals surface area contributed by atoms with Gasteiger partial charge in [-0.3, -0.25) is 4.79 Å². The fraction of sp³-hybridized carbons (Fsp3) is 0.273. The van der Waals surface area contributed by atoms with E-state index in [1.165, 1.54) is 29.6 Å². The van der Waals surface area contributed by atoms with E-state index in [4.69, 9.17) is 15.3 Å². The van der Waals surface area contributed by atoms with Crippen molar-refractivity contribution in [3.63, 3.8) is 0 Å². The highest BCUT2D eigenvalue weighted by molar-refractivity contribution is 7.92. The first-order chi connectivity index (χ1) is 15.3. The quantitative estimate of drug-likeness (QED) is 0.285. The number of nitrogens with zero attached hydrogens (tertiary/aromatic N) is 1. The lowest BCUT2D eigenvalue weighted by molar-refractivity contribution is -0.136. The fourth-order valence-electron chi connectivity index (χ4n) is 3.23. The van der Waals surface area contributed by atoms with Gasteiger partial charge in [0.05, 0.1) is 12.6 Å². The number of nitrogens with one attached hydrogen (secondary N) is 2. The lowest BCUT2D eigenvalue weighted by Gasteiger charge is -2.06. The summed E-state index contributed by atoms with van der Waals surface area (Å²) in [6.45, 7) is 2.79. The second-order valence-electron chi connectivity index (χ2n) is 7.05. The molecule has 0 spiro atoms. The minimum absolute atomic E-state index is 0.113. The Kier molecular flexibility index (Phi) is 7.37. The third kappa shape index (κ3) is 4.86. The monoisotopic (exact) mass is 475 g/mol. The van der Waals surface area contributed by atoms with E-state index in [0.29, 0.717) is 32.7 Å². The van der Waals surface area contributed by atoms with E-state index >= 15 is 0 Å². The van der Waals surface area contributed by atoms with Crippen LogP contribution in [0.15, 0.2) is 46.9 Å². The molecule has 0 atom stereocenters. The minimum atomic E-state index is -3.92. The summed E-state index contributed by atoms with van der Waals surface area (Å²) in [7, 11) is -2.41. The molecular formula is C22H25N3O5S2. The van der Waals surface area contributed by atoms with Crippen LogP contribution in [0.1, 0.15) is 30.2 Å². The van der Waals surface area contributed by atoms with Crippen LogP contribution in [0.25, 0.3) is 16.5 Å². The molecule has 0 bridgehead atoms. The number of methoxy groups -OCH3 is 1. The van der Waals surface area contributed by atoms with Gasteiger partial charge in [-0.05, 0) is 48.7 Å². The largest absolute Gasteiger partial charge is 0.497 e. The number of thiophene rings is 1. The lowest BCUT2D eigenvalue weighted by atomic mass is 10.1. The first-order valence-corrected chi connectivity index (χ1v) is 12.3. The van der Waals surface area contributed by atoms with Crippen molar-refractivity contribution in [2.75, 3.05) is 13.7 Å². The van der Waals surface area contributed by atoms with Crippen molar-refractivity contribution in [2.24, 2.45) is 0 Å². The molecule has 1 aromatic carbocycles. The summed E-state index contributed by atoms with van der Waals surface area (Å²) in [5.41, 5.74) is 1.66. The number of rotatable bonds is 11. The number of carboxylic acids is 1. The molecule has 3 rings (SSSR count). The molecule has 2 heterocycles. The summed E-state index contributed by atoms with van der Waals surface area (Å²) in [6, 6.07) is 8.25. The maximum Gasteiger partial charge on any atom is 0.303 e. The number of aryl methyl sites for hydroxylation is 1. The van der Waals surface area contributed by atoms with Gasteiger partial charge in [0.2, 0.25) is 0 Å². The van der Waals surface area contributed by atoms with Crippen molar-refractivity contribution in [2.45, 2.75) is 30.4 Å². The molecular weight excluding hydrogens is 450 g/mol. The number of ether oxygens (including phenoxy) is 1. The van der Waals surface area contributed by atoms with E-state index in [9.17, 15) is 13.2 Å². The normalized spacial score (nSPS) is 12.1. The van der Waals surface area contributed by atoms with Crippen LogP contribution in [0.3, 0.4) is 0 Å². The van der Waals surface area contributed by atoms with Gasteiger partial charge in [0, 0.05) is 47.4 Å². The Bertz CT molecular complexity index is 1270. The molecule has 0 aliphatic heterocycles. The van der Waals surface area contributed by atoms with Crippen molar-refractivity contribution in [1.82, 2.24) is 9.29 Å². The molecule has 0 aliphatic carbocycles. The second-order valence-corrected chi connectivity index (χ2v) is 10.2. The third-order valence-corrected chi connectivity index (χ3v) is 8.13. The van der Waals surface area contributed by atoms with Crippen LogP contribution in [0.4, 0.5) is 0 Å². The molecule has 0 saturated heterocycles. The van der Waals surface area contributed by atoms with Gasteiger partial charge < -0.3 is 20.6 Å². The van der Waals surface area contributed by atoms with Gasteiger partial charge in [0.15, 0.2) is 0 Å². The zero-order valence-electron chi connectivity index (χ0n) is 17.8. The molecule has 0 fully saturated rings. The van der Waals surface area contributed by atoms with Crippen LogP contribution in [0.5, 0.6) is 5.75 Å². The maximum atomic E-state index is 13.5. The highest BCUT2D eigenvalue weighted by atomic mass is 32.2. The number of hydrogen-bond acceptors (Lipinski definition) is 7. The number of aromatic nitrogens is 1. The molecule has 32 heavy (non-hydrogen) atoms. The molecule has 8 nitrogen and oxygen atoms in total. The van der Waals surface area contributed by atoms with E-state index in [2.05, 4.69) is 5.32 Å². The van der Waals surface area contributed by atoms with Gasteiger partial charge in [0.1, 0.15) is 9.96 Å². The number of allylic oxidation sites excluding steroid dienone is 1. The molecule has 0 radical (unpaired) electrons. The van der Waals surface area contributed by atoms with Crippen LogP contribution >= 0.6 is 11.3 Å². The molecule has 0 unspecified atom stereocenters. The average Bonchev–Trinajstić information content (AvgIpc) is 3.41. The summed E-state index contributed by atoms with van der Waals surface area (Å²) in [4.78, 5) is 11.7. The summed E-state index contributed by atoms with van der Waals surface area (Å²) in [5.74, 6) is -0.398. The molecule has 3 aromatic rings. The zero-order chi connectivity index (χ0) is 23.3.